The van der Waals surface area contributed by atoms with E-state index < -0.39 is 23.3 Å². The molecule has 5 aliphatic rings. The van der Waals surface area contributed by atoms with Gasteiger partial charge in [0.1, 0.15) is 0 Å². The Hall–Kier alpha value is -1.90. The standard InChI is InChI=1S/C21H27F3N4O2/c22-21(23,24)18-16(19(29)28-3-5-30-6-4-28)11-25-20(27-18)26-17-14-2-1-12-7-13(9-14)10-15(17)8-12/h11-15,17H,1-10H2,(H,25,26,27). The SMILES string of the molecule is O=C(c1cnc(NC2C3CCC4CC(C3)CC2C4)nc1C(F)(F)F)N1CCOCC1. The van der Waals surface area contributed by atoms with Crippen molar-refractivity contribution in [2.45, 2.75) is 50.7 Å². The molecule has 4 saturated carbocycles. The number of aromatic nitrogens is 2. The lowest BCUT2D eigenvalue weighted by Crippen LogP contribution is -2.44. The number of rotatable bonds is 3. The summed E-state index contributed by atoms with van der Waals surface area (Å²) in [5.74, 6) is 1.75. The molecule has 5 unspecified atom stereocenters. The zero-order chi connectivity index (χ0) is 20.9. The number of morpholine rings is 1. The molecule has 1 N–H and O–H groups in total. The van der Waals surface area contributed by atoms with E-state index in [9.17, 15) is 18.0 Å². The highest BCUT2D eigenvalue weighted by Crippen LogP contribution is 2.51. The maximum atomic E-state index is 13.8. The summed E-state index contributed by atoms with van der Waals surface area (Å²) in [6.07, 6.45) is 3.40. The molecule has 1 aliphatic heterocycles. The van der Waals surface area contributed by atoms with E-state index in [1.165, 1.54) is 17.7 Å². The average Bonchev–Trinajstić information content (AvgIpc) is 2.94. The Kier molecular flexibility index (Phi) is 5.11. The number of nitrogens with zero attached hydrogens (tertiary/aromatic N) is 3. The third kappa shape index (κ3) is 3.76. The number of hydrogen-bond donors (Lipinski definition) is 1. The molecule has 1 saturated heterocycles. The van der Waals surface area contributed by atoms with E-state index in [-0.39, 0.29) is 25.1 Å². The molecule has 6 nitrogen and oxygen atoms in total. The van der Waals surface area contributed by atoms with Crippen LogP contribution in [0.25, 0.3) is 0 Å². The van der Waals surface area contributed by atoms with Crippen LogP contribution >= 0.6 is 0 Å². The summed E-state index contributed by atoms with van der Waals surface area (Å²) >= 11 is 0. The van der Waals surface area contributed by atoms with Crippen molar-refractivity contribution in [1.29, 1.82) is 0 Å². The van der Waals surface area contributed by atoms with Gasteiger partial charge in [0, 0.05) is 25.3 Å². The van der Waals surface area contributed by atoms with Crippen LogP contribution in [-0.4, -0.2) is 53.1 Å². The number of fused-ring (bicyclic) bond motifs is 1. The van der Waals surface area contributed by atoms with Crippen LogP contribution in [0.4, 0.5) is 19.1 Å². The number of hydrogen-bond acceptors (Lipinski definition) is 5. The van der Waals surface area contributed by atoms with E-state index in [0.29, 0.717) is 25.0 Å². The first kappa shape index (κ1) is 20.0. The van der Waals surface area contributed by atoms with Gasteiger partial charge in [-0.15, -0.1) is 0 Å². The molecule has 1 amide bonds. The second-order valence-corrected chi connectivity index (χ2v) is 9.30. The maximum Gasteiger partial charge on any atom is 0.434 e. The van der Waals surface area contributed by atoms with Crippen molar-refractivity contribution < 1.29 is 22.7 Å². The summed E-state index contributed by atoms with van der Waals surface area (Å²) in [6, 6.07) is 0.119. The predicted octanol–water partition coefficient (Wildman–Crippen LogP) is 3.59. The molecule has 5 fully saturated rings. The Balaban J connectivity index is 1.40. The summed E-state index contributed by atoms with van der Waals surface area (Å²) in [4.78, 5) is 22.0. The third-order valence-corrected chi connectivity index (χ3v) is 7.42. The minimum Gasteiger partial charge on any atom is -0.378 e. The molecule has 2 heterocycles. The molecule has 4 bridgehead atoms. The van der Waals surface area contributed by atoms with Gasteiger partial charge in [0.15, 0.2) is 5.69 Å². The fraction of sp³-hybridized carbons (Fsp3) is 0.762. The minimum absolute atomic E-state index is 0.0154. The van der Waals surface area contributed by atoms with E-state index in [2.05, 4.69) is 15.3 Å². The Morgan fingerprint density at radius 2 is 1.80 bits per heavy atom. The molecule has 5 atom stereocenters. The van der Waals surface area contributed by atoms with Crippen molar-refractivity contribution in [2.24, 2.45) is 23.7 Å². The molecule has 9 heteroatoms. The van der Waals surface area contributed by atoms with Crippen molar-refractivity contribution >= 4 is 11.9 Å². The lowest BCUT2D eigenvalue weighted by molar-refractivity contribution is -0.141. The highest BCUT2D eigenvalue weighted by molar-refractivity contribution is 5.95. The zero-order valence-corrected chi connectivity index (χ0v) is 16.8. The number of nitrogens with one attached hydrogen (secondary N) is 1. The first-order valence-corrected chi connectivity index (χ1v) is 11.0. The first-order valence-electron chi connectivity index (χ1n) is 11.0. The number of carbonyl (C=O) groups excluding carboxylic acids is 1. The van der Waals surface area contributed by atoms with Crippen molar-refractivity contribution in [1.82, 2.24) is 14.9 Å². The van der Waals surface area contributed by atoms with Gasteiger partial charge in [0.2, 0.25) is 5.95 Å². The lowest BCUT2D eigenvalue weighted by Gasteiger charge is -2.44. The van der Waals surface area contributed by atoms with Gasteiger partial charge in [-0.3, -0.25) is 4.79 Å². The van der Waals surface area contributed by atoms with Crippen molar-refractivity contribution in [2.75, 3.05) is 31.6 Å². The Labute approximate surface area is 173 Å². The first-order chi connectivity index (χ1) is 14.4. The molecule has 4 aliphatic carbocycles. The molecule has 0 spiro atoms. The van der Waals surface area contributed by atoms with E-state index in [1.807, 2.05) is 0 Å². The molecular formula is C21H27F3N4O2. The number of amides is 1. The summed E-state index contributed by atoms with van der Waals surface area (Å²) in [5, 5.41) is 3.26. The molecule has 6 rings (SSSR count). The average molecular weight is 424 g/mol. The van der Waals surface area contributed by atoms with Gasteiger partial charge in [0.25, 0.3) is 5.91 Å². The normalized spacial score (nSPS) is 33.4. The molecule has 1 aromatic rings. The van der Waals surface area contributed by atoms with Gasteiger partial charge >= 0.3 is 6.18 Å². The number of halogens is 3. The van der Waals surface area contributed by atoms with Gasteiger partial charge in [-0.2, -0.15) is 13.2 Å². The van der Waals surface area contributed by atoms with Crippen molar-refractivity contribution in [3.8, 4) is 0 Å². The monoisotopic (exact) mass is 424 g/mol. The topological polar surface area (TPSA) is 67.4 Å². The second kappa shape index (κ2) is 7.66. The summed E-state index contributed by atoms with van der Waals surface area (Å²) in [6.45, 7) is 1.17. The molecule has 30 heavy (non-hydrogen) atoms. The Morgan fingerprint density at radius 3 is 2.57 bits per heavy atom. The van der Waals surface area contributed by atoms with Crippen LogP contribution in [0.5, 0.6) is 0 Å². The predicted molar refractivity (Wildman–Crippen MR) is 103 cm³/mol. The van der Waals surface area contributed by atoms with Crippen molar-refractivity contribution in [3.05, 3.63) is 17.5 Å². The second-order valence-electron chi connectivity index (χ2n) is 9.30. The highest BCUT2D eigenvalue weighted by atomic mass is 19.4. The van der Waals surface area contributed by atoms with Gasteiger partial charge in [-0.05, 0) is 55.8 Å². The highest BCUT2D eigenvalue weighted by Gasteiger charge is 2.46. The smallest absolute Gasteiger partial charge is 0.378 e. The van der Waals surface area contributed by atoms with E-state index in [1.54, 1.807) is 0 Å². The molecular weight excluding hydrogens is 397 g/mol. The third-order valence-electron chi connectivity index (χ3n) is 7.42. The van der Waals surface area contributed by atoms with E-state index in [4.69, 9.17) is 4.74 Å². The number of anilines is 1. The van der Waals surface area contributed by atoms with Gasteiger partial charge in [-0.1, -0.05) is 6.42 Å². The minimum atomic E-state index is -4.72. The summed E-state index contributed by atoms with van der Waals surface area (Å²) in [5.41, 5.74) is -1.64. The number of ether oxygens (including phenoxy) is 1. The Morgan fingerprint density at radius 1 is 1.07 bits per heavy atom. The zero-order valence-electron chi connectivity index (χ0n) is 16.8. The molecule has 164 valence electrons. The molecule has 0 radical (unpaired) electrons. The summed E-state index contributed by atoms with van der Waals surface area (Å²) < 4.78 is 46.5. The molecule has 1 aromatic heterocycles. The largest absolute Gasteiger partial charge is 0.434 e. The number of carbonyl (C=O) groups is 1. The van der Waals surface area contributed by atoms with Crippen LogP contribution in [0.2, 0.25) is 0 Å². The van der Waals surface area contributed by atoms with Crippen LogP contribution in [0, 0.1) is 23.7 Å². The van der Waals surface area contributed by atoms with E-state index in [0.717, 1.165) is 43.7 Å². The van der Waals surface area contributed by atoms with Crippen LogP contribution in [0.1, 0.15) is 54.6 Å². The quantitative estimate of drug-likeness (QED) is 0.803. The van der Waals surface area contributed by atoms with Gasteiger partial charge in [-0.25, -0.2) is 9.97 Å². The van der Waals surface area contributed by atoms with Crippen LogP contribution in [0.3, 0.4) is 0 Å². The van der Waals surface area contributed by atoms with Crippen LogP contribution < -0.4 is 5.32 Å². The van der Waals surface area contributed by atoms with Gasteiger partial charge < -0.3 is 15.0 Å². The lowest BCUT2D eigenvalue weighted by atomic mass is 9.65. The van der Waals surface area contributed by atoms with E-state index >= 15 is 0 Å². The Bertz CT molecular complexity index is 804. The van der Waals surface area contributed by atoms with Crippen molar-refractivity contribution in [3.63, 3.8) is 0 Å². The summed E-state index contributed by atoms with van der Waals surface area (Å²) in [7, 11) is 0. The fourth-order valence-corrected chi connectivity index (χ4v) is 6.19. The number of alkyl halides is 3. The van der Waals surface area contributed by atoms with Crippen LogP contribution in [0.15, 0.2) is 6.20 Å². The fourth-order valence-electron chi connectivity index (χ4n) is 6.19. The van der Waals surface area contributed by atoms with Gasteiger partial charge in [0.05, 0.1) is 18.8 Å². The maximum absolute atomic E-state index is 13.8. The van der Waals surface area contributed by atoms with Crippen LogP contribution in [-0.2, 0) is 10.9 Å². The molecule has 0 aromatic carbocycles.